The number of carboxylic acid groups (broad SMARTS) is 1. The summed E-state index contributed by atoms with van der Waals surface area (Å²) in [7, 11) is 0. The molecule has 0 heterocycles. The molecule has 6 nitrogen and oxygen atoms in total. The molecule has 1 amide bonds. The van der Waals surface area contributed by atoms with Gasteiger partial charge in [-0.15, -0.1) is 0 Å². The van der Waals surface area contributed by atoms with Crippen molar-refractivity contribution in [2.75, 3.05) is 6.61 Å². The third-order valence-electron chi connectivity index (χ3n) is 3.57. The molecular formula is C19H18Cl3NO5. The van der Waals surface area contributed by atoms with Crippen LogP contribution in [-0.2, 0) is 22.6 Å². The second-order valence-corrected chi connectivity index (χ2v) is 8.36. The zero-order chi connectivity index (χ0) is 20.6. The average Bonchev–Trinajstić information content (AvgIpc) is 2.65. The number of carbonyl (C=O) groups excluding carboxylic acids is 1. The van der Waals surface area contributed by atoms with E-state index in [9.17, 15) is 14.7 Å². The van der Waals surface area contributed by atoms with E-state index in [2.05, 4.69) is 10.1 Å². The van der Waals surface area contributed by atoms with Gasteiger partial charge >= 0.3 is 12.1 Å². The number of amides is 1. The van der Waals surface area contributed by atoms with Crippen molar-refractivity contribution < 1.29 is 24.2 Å². The van der Waals surface area contributed by atoms with E-state index in [0.717, 1.165) is 5.56 Å². The van der Waals surface area contributed by atoms with Crippen molar-refractivity contribution in [3.63, 3.8) is 0 Å². The van der Waals surface area contributed by atoms with Gasteiger partial charge in [0.2, 0.25) is 3.79 Å². The summed E-state index contributed by atoms with van der Waals surface area (Å²) in [5, 5.41) is 11.5. The highest BCUT2D eigenvalue weighted by molar-refractivity contribution is 6.67. The summed E-state index contributed by atoms with van der Waals surface area (Å²) in [5.74, 6) is -0.565. The average molecular weight is 447 g/mol. The zero-order valence-corrected chi connectivity index (χ0v) is 16.9. The summed E-state index contributed by atoms with van der Waals surface area (Å²) in [4.78, 5) is 23.1. The van der Waals surface area contributed by atoms with Crippen LogP contribution in [0.15, 0.2) is 54.6 Å². The molecule has 0 saturated heterocycles. The smallest absolute Gasteiger partial charge is 0.408 e. The first-order valence-electron chi connectivity index (χ1n) is 8.21. The van der Waals surface area contributed by atoms with Crippen LogP contribution in [0.3, 0.4) is 0 Å². The number of alkyl carbamates (subject to hydrolysis) is 1. The molecule has 0 unspecified atom stereocenters. The molecule has 2 N–H and O–H groups in total. The molecule has 2 rings (SSSR count). The number of carboxylic acids is 1. The highest BCUT2D eigenvalue weighted by atomic mass is 35.6. The number of hydrogen-bond acceptors (Lipinski definition) is 4. The molecule has 28 heavy (non-hydrogen) atoms. The van der Waals surface area contributed by atoms with Gasteiger partial charge in [-0.25, -0.2) is 9.59 Å². The molecule has 0 aliphatic carbocycles. The second kappa shape index (κ2) is 10.4. The number of halogens is 3. The van der Waals surface area contributed by atoms with E-state index in [1.54, 1.807) is 24.3 Å². The lowest BCUT2D eigenvalue weighted by atomic mass is 10.1. The minimum atomic E-state index is -1.77. The van der Waals surface area contributed by atoms with Crippen LogP contribution < -0.4 is 10.1 Å². The molecule has 150 valence electrons. The SMILES string of the molecule is O=C(N[C@@H](Cc1ccc(OCc2ccccc2)cc1)C(=O)O)OCC(Cl)(Cl)Cl. The molecule has 2 aromatic carbocycles. The first-order chi connectivity index (χ1) is 13.2. The molecule has 0 bridgehead atoms. The maximum Gasteiger partial charge on any atom is 0.408 e. The van der Waals surface area contributed by atoms with Crippen LogP contribution in [0.5, 0.6) is 5.75 Å². The number of aliphatic carboxylic acids is 1. The number of rotatable bonds is 8. The Balaban J connectivity index is 1.88. The Kier molecular flexibility index (Phi) is 8.23. The fraction of sp³-hybridized carbons (Fsp3) is 0.263. The normalized spacial score (nSPS) is 12.1. The van der Waals surface area contributed by atoms with Crippen molar-refractivity contribution in [3.05, 3.63) is 65.7 Å². The summed E-state index contributed by atoms with van der Waals surface area (Å²) in [6.07, 6.45) is -0.932. The second-order valence-electron chi connectivity index (χ2n) is 5.85. The Bertz CT molecular complexity index is 778. The molecule has 0 fully saturated rings. The maximum atomic E-state index is 11.7. The Labute approximate surface area is 177 Å². The maximum absolute atomic E-state index is 11.7. The van der Waals surface area contributed by atoms with Gasteiger partial charge in [0.1, 0.15) is 25.0 Å². The molecule has 0 aliphatic rings. The van der Waals surface area contributed by atoms with Crippen LogP contribution in [0, 0.1) is 0 Å². The minimum absolute atomic E-state index is 0.0527. The van der Waals surface area contributed by atoms with Gasteiger partial charge in [0, 0.05) is 6.42 Å². The molecule has 0 aromatic heterocycles. The topological polar surface area (TPSA) is 84.9 Å². The minimum Gasteiger partial charge on any atom is -0.489 e. The van der Waals surface area contributed by atoms with Gasteiger partial charge < -0.3 is 19.9 Å². The third kappa shape index (κ3) is 8.25. The number of nitrogens with one attached hydrogen (secondary N) is 1. The molecular weight excluding hydrogens is 429 g/mol. The fourth-order valence-corrected chi connectivity index (χ4v) is 2.39. The quantitative estimate of drug-likeness (QED) is 0.589. The lowest BCUT2D eigenvalue weighted by Gasteiger charge is -2.16. The van der Waals surface area contributed by atoms with Gasteiger partial charge in [0.25, 0.3) is 0 Å². The molecule has 1 atom stereocenters. The largest absolute Gasteiger partial charge is 0.489 e. The summed E-state index contributed by atoms with van der Waals surface area (Å²) in [5.41, 5.74) is 1.73. The van der Waals surface area contributed by atoms with E-state index in [1.165, 1.54) is 0 Å². The number of benzene rings is 2. The standard InChI is InChI=1S/C19H18Cl3NO5/c20-19(21,22)12-28-18(26)23-16(17(24)25)10-13-6-8-15(9-7-13)27-11-14-4-2-1-3-5-14/h1-9,16H,10-12H2,(H,23,26)(H,24,25)/t16-/m0/s1. The van der Waals surface area contributed by atoms with Crippen LogP contribution >= 0.6 is 34.8 Å². The van der Waals surface area contributed by atoms with E-state index < -0.39 is 28.5 Å². The van der Waals surface area contributed by atoms with Crippen molar-refractivity contribution in [1.82, 2.24) is 5.32 Å². The van der Waals surface area contributed by atoms with Crippen molar-refractivity contribution >= 4 is 46.9 Å². The predicted octanol–water partition coefficient (Wildman–Crippen LogP) is 4.36. The third-order valence-corrected chi connectivity index (χ3v) is 3.90. The number of hydrogen-bond donors (Lipinski definition) is 2. The number of alkyl halides is 3. The van der Waals surface area contributed by atoms with E-state index in [0.29, 0.717) is 17.9 Å². The highest BCUT2D eigenvalue weighted by Crippen LogP contribution is 2.25. The Morgan fingerprint density at radius 1 is 1.00 bits per heavy atom. The van der Waals surface area contributed by atoms with Crippen molar-refractivity contribution in [2.24, 2.45) is 0 Å². The molecule has 0 radical (unpaired) electrons. The molecule has 2 aromatic rings. The van der Waals surface area contributed by atoms with Crippen LogP contribution in [0.1, 0.15) is 11.1 Å². The van der Waals surface area contributed by atoms with Crippen LogP contribution in [-0.4, -0.2) is 33.6 Å². The predicted molar refractivity (Wildman–Crippen MR) is 107 cm³/mol. The first kappa shape index (κ1) is 22.1. The summed E-state index contributed by atoms with van der Waals surface area (Å²) in [6, 6.07) is 15.4. The van der Waals surface area contributed by atoms with Gasteiger partial charge in [-0.05, 0) is 23.3 Å². The van der Waals surface area contributed by atoms with Crippen LogP contribution in [0.25, 0.3) is 0 Å². The highest BCUT2D eigenvalue weighted by Gasteiger charge is 2.25. The van der Waals surface area contributed by atoms with Gasteiger partial charge in [-0.1, -0.05) is 77.3 Å². The summed E-state index contributed by atoms with van der Waals surface area (Å²) >= 11 is 16.5. The Morgan fingerprint density at radius 2 is 1.64 bits per heavy atom. The molecule has 0 aliphatic heterocycles. The van der Waals surface area contributed by atoms with Crippen molar-refractivity contribution in [1.29, 1.82) is 0 Å². The Hall–Kier alpha value is -2.15. The zero-order valence-electron chi connectivity index (χ0n) is 14.6. The van der Waals surface area contributed by atoms with Crippen LogP contribution in [0.4, 0.5) is 4.79 Å². The van der Waals surface area contributed by atoms with Gasteiger partial charge in [-0.2, -0.15) is 0 Å². The van der Waals surface area contributed by atoms with Crippen molar-refractivity contribution in [2.45, 2.75) is 22.9 Å². The number of carbonyl (C=O) groups is 2. The monoisotopic (exact) mass is 445 g/mol. The van der Waals surface area contributed by atoms with E-state index in [4.69, 9.17) is 39.5 Å². The van der Waals surface area contributed by atoms with Gasteiger partial charge in [-0.3, -0.25) is 0 Å². The number of ether oxygens (including phenoxy) is 2. The van der Waals surface area contributed by atoms with Gasteiger partial charge in [0.15, 0.2) is 0 Å². The lowest BCUT2D eigenvalue weighted by molar-refractivity contribution is -0.139. The van der Waals surface area contributed by atoms with E-state index in [-0.39, 0.29) is 6.42 Å². The summed E-state index contributed by atoms with van der Waals surface area (Å²) < 4.78 is 8.60. The van der Waals surface area contributed by atoms with Gasteiger partial charge in [0.05, 0.1) is 0 Å². The van der Waals surface area contributed by atoms with Crippen molar-refractivity contribution in [3.8, 4) is 5.75 Å². The molecule has 0 saturated carbocycles. The molecule has 0 spiro atoms. The fourth-order valence-electron chi connectivity index (χ4n) is 2.23. The van der Waals surface area contributed by atoms with E-state index in [1.807, 2.05) is 30.3 Å². The molecule has 9 heteroatoms. The first-order valence-corrected chi connectivity index (χ1v) is 9.35. The van der Waals surface area contributed by atoms with Crippen LogP contribution in [0.2, 0.25) is 0 Å². The van der Waals surface area contributed by atoms with E-state index >= 15 is 0 Å². The summed E-state index contributed by atoms with van der Waals surface area (Å²) in [6.45, 7) is -0.0716. The Morgan fingerprint density at radius 3 is 2.21 bits per heavy atom. The lowest BCUT2D eigenvalue weighted by Crippen LogP contribution is -2.43.